The van der Waals surface area contributed by atoms with Crippen LogP contribution in [0.2, 0.25) is 0 Å². The lowest BCUT2D eigenvalue weighted by molar-refractivity contribution is -0.115. The highest BCUT2D eigenvalue weighted by Gasteiger charge is 2.23. The number of carbonyl (C=O) groups is 1. The van der Waals surface area contributed by atoms with Crippen molar-refractivity contribution in [3.63, 3.8) is 0 Å². The molecule has 0 saturated heterocycles. The SMILES string of the molecule is CC[C@H](CO)NS(=O)(=O)c1ccc2c(c1)CC(=O)N2. The molecule has 1 aliphatic rings. The second-order valence-corrected chi connectivity index (χ2v) is 6.17. The van der Waals surface area contributed by atoms with Gasteiger partial charge in [0.15, 0.2) is 0 Å². The van der Waals surface area contributed by atoms with Crippen LogP contribution in [-0.4, -0.2) is 32.1 Å². The third kappa shape index (κ3) is 2.94. The molecule has 2 rings (SSSR count). The zero-order valence-corrected chi connectivity index (χ0v) is 11.3. The summed E-state index contributed by atoms with van der Waals surface area (Å²) in [5.74, 6) is -0.140. The molecule has 0 unspecified atom stereocenters. The predicted molar refractivity (Wildman–Crippen MR) is 70.3 cm³/mol. The van der Waals surface area contributed by atoms with E-state index in [4.69, 9.17) is 5.11 Å². The van der Waals surface area contributed by atoms with E-state index < -0.39 is 16.1 Å². The van der Waals surface area contributed by atoms with Crippen LogP contribution in [0.1, 0.15) is 18.9 Å². The number of carbonyl (C=O) groups excluding carboxylic acids is 1. The number of benzene rings is 1. The van der Waals surface area contributed by atoms with Crippen molar-refractivity contribution in [2.24, 2.45) is 0 Å². The van der Waals surface area contributed by atoms with E-state index in [1.54, 1.807) is 13.0 Å². The van der Waals surface area contributed by atoms with Gasteiger partial charge in [0.1, 0.15) is 0 Å². The standard InChI is InChI=1S/C12H16N2O4S/c1-2-9(7-15)14-19(17,18)10-3-4-11-8(5-10)6-12(16)13-11/h3-5,9,14-15H,2,6-7H2,1H3,(H,13,16)/t9-/m1/s1. The highest BCUT2D eigenvalue weighted by Crippen LogP contribution is 2.25. The number of rotatable bonds is 5. The highest BCUT2D eigenvalue weighted by atomic mass is 32.2. The normalized spacial score (nSPS) is 16.0. The van der Waals surface area contributed by atoms with Crippen LogP contribution in [0.15, 0.2) is 23.1 Å². The van der Waals surface area contributed by atoms with E-state index in [1.807, 2.05) is 0 Å². The molecule has 1 aromatic carbocycles. The summed E-state index contributed by atoms with van der Waals surface area (Å²) < 4.78 is 26.7. The van der Waals surface area contributed by atoms with Gasteiger partial charge in [-0.25, -0.2) is 13.1 Å². The Morgan fingerprint density at radius 2 is 2.21 bits per heavy atom. The Morgan fingerprint density at radius 3 is 2.84 bits per heavy atom. The average molecular weight is 284 g/mol. The van der Waals surface area contributed by atoms with Crippen LogP contribution in [0.3, 0.4) is 0 Å². The van der Waals surface area contributed by atoms with Gasteiger partial charge in [0.05, 0.1) is 17.9 Å². The highest BCUT2D eigenvalue weighted by molar-refractivity contribution is 7.89. The molecule has 104 valence electrons. The second-order valence-electron chi connectivity index (χ2n) is 4.45. The van der Waals surface area contributed by atoms with Gasteiger partial charge in [0.2, 0.25) is 15.9 Å². The minimum absolute atomic E-state index is 0.106. The van der Waals surface area contributed by atoms with Crippen LogP contribution in [0, 0.1) is 0 Å². The molecule has 7 heteroatoms. The van der Waals surface area contributed by atoms with Gasteiger partial charge in [-0.05, 0) is 30.2 Å². The Kier molecular flexibility index (Phi) is 3.88. The molecule has 3 N–H and O–H groups in total. The minimum atomic E-state index is -3.67. The van der Waals surface area contributed by atoms with E-state index in [1.165, 1.54) is 12.1 Å². The minimum Gasteiger partial charge on any atom is -0.395 e. The van der Waals surface area contributed by atoms with Crippen LogP contribution in [0.4, 0.5) is 5.69 Å². The van der Waals surface area contributed by atoms with Crippen molar-refractivity contribution in [1.82, 2.24) is 4.72 Å². The number of amides is 1. The third-order valence-corrected chi connectivity index (χ3v) is 4.57. The Balaban J connectivity index is 2.27. The maximum Gasteiger partial charge on any atom is 0.240 e. The van der Waals surface area contributed by atoms with Gasteiger partial charge in [-0.3, -0.25) is 4.79 Å². The number of hydrogen-bond acceptors (Lipinski definition) is 4. The number of nitrogens with one attached hydrogen (secondary N) is 2. The van der Waals surface area contributed by atoms with Gasteiger partial charge in [-0.2, -0.15) is 0 Å². The van der Waals surface area contributed by atoms with Crippen LogP contribution >= 0.6 is 0 Å². The number of aliphatic hydroxyl groups is 1. The fourth-order valence-electron chi connectivity index (χ4n) is 1.91. The summed E-state index contributed by atoms with van der Waals surface area (Å²) in [5.41, 5.74) is 1.32. The topological polar surface area (TPSA) is 95.5 Å². The van der Waals surface area contributed by atoms with E-state index in [0.717, 1.165) is 0 Å². The van der Waals surface area contributed by atoms with Gasteiger partial charge in [-0.15, -0.1) is 0 Å². The number of fused-ring (bicyclic) bond motifs is 1. The molecule has 1 heterocycles. The molecule has 0 bridgehead atoms. The summed E-state index contributed by atoms with van der Waals surface area (Å²) in [4.78, 5) is 11.3. The van der Waals surface area contributed by atoms with E-state index in [0.29, 0.717) is 17.7 Å². The molecular formula is C12H16N2O4S. The second kappa shape index (κ2) is 5.28. The molecule has 6 nitrogen and oxygen atoms in total. The summed E-state index contributed by atoms with van der Waals surface area (Å²) in [6, 6.07) is 4.00. The van der Waals surface area contributed by atoms with Gasteiger partial charge < -0.3 is 10.4 Å². The number of hydrogen-bond donors (Lipinski definition) is 3. The van der Waals surface area contributed by atoms with Gasteiger partial charge in [-0.1, -0.05) is 6.92 Å². The molecule has 0 aliphatic carbocycles. The van der Waals surface area contributed by atoms with Gasteiger partial charge in [0.25, 0.3) is 0 Å². The third-order valence-electron chi connectivity index (χ3n) is 3.05. The molecular weight excluding hydrogens is 268 g/mol. The van der Waals surface area contributed by atoms with Crippen molar-refractivity contribution in [2.75, 3.05) is 11.9 Å². The summed E-state index contributed by atoms with van der Waals surface area (Å²) in [6.45, 7) is 1.54. The molecule has 0 spiro atoms. The van der Waals surface area contributed by atoms with E-state index >= 15 is 0 Å². The lowest BCUT2D eigenvalue weighted by atomic mass is 10.2. The fourth-order valence-corrected chi connectivity index (χ4v) is 3.27. The maximum absolute atomic E-state index is 12.1. The molecule has 0 radical (unpaired) electrons. The van der Waals surface area contributed by atoms with Gasteiger partial charge in [0, 0.05) is 11.7 Å². The van der Waals surface area contributed by atoms with Crippen molar-refractivity contribution in [2.45, 2.75) is 30.7 Å². The Bertz CT molecular complexity index is 594. The van der Waals surface area contributed by atoms with E-state index in [2.05, 4.69) is 10.0 Å². The number of aliphatic hydroxyl groups excluding tert-OH is 1. The van der Waals surface area contributed by atoms with Crippen molar-refractivity contribution >= 4 is 21.6 Å². The van der Waals surface area contributed by atoms with Crippen molar-refractivity contribution in [3.8, 4) is 0 Å². The monoisotopic (exact) mass is 284 g/mol. The quantitative estimate of drug-likeness (QED) is 0.721. The lowest BCUT2D eigenvalue weighted by Crippen LogP contribution is -2.36. The predicted octanol–water partition coefficient (Wildman–Crippen LogP) is 0.230. The van der Waals surface area contributed by atoms with E-state index in [9.17, 15) is 13.2 Å². The van der Waals surface area contributed by atoms with Crippen LogP contribution in [0.25, 0.3) is 0 Å². The van der Waals surface area contributed by atoms with Gasteiger partial charge >= 0.3 is 0 Å². The molecule has 0 aromatic heterocycles. The first-order valence-corrected chi connectivity index (χ1v) is 7.50. The van der Waals surface area contributed by atoms with Crippen LogP contribution < -0.4 is 10.0 Å². The van der Waals surface area contributed by atoms with Crippen molar-refractivity contribution in [3.05, 3.63) is 23.8 Å². The average Bonchev–Trinajstić information content (AvgIpc) is 2.74. The summed E-state index contributed by atoms with van der Waals surface area (Å²) >= 11 is 0. The first-order chi connectivity index (χ1) is 8.96. The lowest BCUT2D eigenvalue weighted by Gasteiger charge is -2.14. The zero-order valence-electron chi connectivity index (χ0n) is 10.5. The smallest absolute Gasteiger partial charge is 0.240 e. The number of anilines is 1. The molecule has 0 fully saturated rings. The molecule has 19 heavy (non-hydrogen) atoms. The molecule has 1 atom stereocenters. The maximum atomic E-state index is 12.1. The fraction of sp³-hybridized carbons (Fsp3) is 0.417. The van der Waals surface area contributed by atoms with E-state index in [-0.39, 0.29) is 23.8 Å². The Labute approximate surface area is 111 Å². The number of sulfonamides is 1. The van der Waals surface area contributed by atoms with Crippen molar-refractivity contribution in [1.29, 1.82) is 0 Å². The molecule has 1 aromatic rings. The molecule has 1 amide bonds. The van der Waals surface area contributed by atoms with Crippen LogP contribution in [-0.2, 0) is 21.2 Å². The molecule has 0 saturated carbocycles. The first kappa shape index (κ1) is 14.0. The summed E-state index contributed by atoms with van der Waals surface area (Å²) in [7, 11) is -3.67. The van der Waals surface area contributed by atoms with Crippen molar-refractivity contribution < 1.29 is 18.3 Å². The van der Waals surface area contributed by atoms with Crippen LogP contribution in [0.5, 0.6) is 0 Å². The summed E-state index contributed by atoms with van der Waals surface area (Å²) in [5, 5.41) is 11.7. The Morgan fingerprint density at radius 1 is 1.47 bits per heavy atom. The summed E-state index contributed by atoms with van der Waals surface area (Å²) in [6.07, 6.45) is 0.691. The largest absolute Gasteiger partial charge is 0.395 e. The first-order valence-electron chi connectivity index (χ1n) is 6.02. The Hall–Kier alpha value is -1.44. The zero-order chi connectivity index (χ0) is 14.0. The molecule has 1 aliphatic heterocycles.